The molecule has 2 aliphatic rings. The van der Waals surface area contributed by atoms with Gasteiger partial charge in [-0.3, -0.25) is 14.9 Å². The summed E-state index contributed by atoms with van der Waals surface area (Å²) in [4.78, 5) is 26.1. The number of benzene rings is 2. The maximum absolute atomic E-state index is 13.0. The van der Waals surface area contributed by atoms with E-state index in [2.05, 4.69) is 24.0 Å². The van der Waals surface area contributed by atoms with E-state index in [1.165, 1.54) is 0 Å². The number of hydrogen-bond acceptors (Lipinski definition) is 4. The molecule has 5 heteroatoms. The number of hydrogen-bond donors (Lipinski definition) is 0. The van der Waals surface area contributed by atoms with Gasteiger partial charge < -0.3 is 4.90 Å². The highest BCUT2D eigenvalue weighted by atomic mass is 16.6. The molecule has 0 amide bonds. The Balaban J connectivity index is 1.82. The molecule has 1 saturated heterocycles. The van der Waals surface area contributed by atoms with E-state index in [0.29, 0.717) is 12.2 Å². The van der Waals surface area contributed by atoms with Gasteiger partial charge in [0.25, 0.3) is 5.69 Å². The van der Waals surface area contributed by atoms with E-state index in [1.807, 2.05) is 30.3 Å². The van der Waals surface area contributed by atoms with Crippen LogP contribution in [0.15, 0.2) is 54.6 Å². The van der Waals surface area contributed by atoms with Crippen molar-refractivity contribution in [2.24, 2.45) is 5.92 Å². The Morgan fingerprint density at radius 2 is 1.78 bits per heavy atom. The standard InChI is InChI=1S/C22H24N2O3/c1-22-14-6-5-9-19(22)21(25)15-20(16-7-3-2-4-8-16)23(22)17-10-12-18(13-11-17)24(26)27/h2-4,7-8,10-13,19-20H,5-6,9,14-15H2,1H3/t19-,20+,22+/m1/s1. The maximum atomic E-state index is 13.0. The largest absolute Gasteiger partial charge is 0.358 e. The lowest BCUT2D eigenvalue weighted by Gasteiger charge is -2.56. The Morgan fingerprint density at radius 3 is 2.44 bits per heavy atom. The summed E-state index contributed by atoms with van der Waals surface area (Å²) in [6.07, 6.45) is 4.58. The highest BCUT2D eigenvalue weighted by Gasteiger charge is 2.51. The van der Waals surface area contributed by atoms with Gasteiger partial charge in [-0.1, -0.05) is 43.2 Å². The lowest BCUT2D eigenvalue weighted by molar-refractivity contribution is -0.384. The topological polar surface area (TPSA) is 63.5 Å². The maximum Gasteiger partial charge on any atom is 0.269 e. The fourth-order valence-electron chi connectivity index (χ4n) is 5.04. The predicted octanol–water partition coefficient (Wildman–Crippen LogP) is 5.06. The van der Waals surface area contributed by atoms with Crippen molar-refractivity contribution < 1.29 is 9.72 Å². The molecule has 0 spiro atoms. The number of rotatable bonds is 3. The molecule has 0 aromatic heterocycles. The molecule has 140 valence electrons. The smallest absolute Gasteiger partial charge is 0.269 e. The zero-order valence-corrected chi connectivity index (χ0v) is 15.5. The minimum absolute atomic E-state index is 0.0291. The first kappa shape index (κ1) is 17.7. The highest BCUT2D eigenvalue weighted by molar-refractivity contribution is 5.86. The third-order valence-electron chi connectivity index (χ3n) is 6.34. The van der Waals surface area contributed by atoms with E-state index in [1.54, 1.807) is 12.1 Å². The van der Waals surface area contributed by atoms with Crippen LogP contribution in [0, 0.1) is 16.0 Å². The van der Waals surface area contributed by atoms with E-state index < -0.39 is 0 Å². The first-order valence-electron chi connectivity index (χ1n) is 9.62. The molecule has 0 radical (unpaired) electrons. The van der Waals surface area contributed by atoms with Crippen molar-refractivity contribution in [3.63, 3.8) is 0 Å². The van der Waals surface area contributed by atoms with Crippen molar-refractivity contribution in [3.8, 4) is 0 Å². The van der Waals surface area contributed by atoms with Gasteiger partial charge in [0.05, 0.1) is 11.0 Å². The Bertz CT molecular complexity index is 850. The molecular weight excluding hydrogens is 340 g/mol. The molecule has 27 heavy (non-hydrogen) atoms. The Hall–Kier alpha value is -2.69. The average molecular weight is 364 g/mol. The van der Waals surface area contributed by atoms with Crippen LogP contribution in [0.3, 0.4) is 0 Å². The third kappa shape index (κ3) is 3.01. The normalized spacial score (nSPS) is 27.9. The second-order valence-electron chi connectivity index (χ2n) is 7.90. The second-order valence-corrected chi connectivity index (χ2v) is 7.90. The number of nitrogens with zero attached hydrogens (tertiary/aromatic N) is 2. The summed E-state index contributed by atoms with van der Waals surface area (Å²) in [7, 11) is 0. The van der Waals surface area contributed by atoms with Gasteiger partial charge in [0.15, 0.2) is 0 Å². The lowest BCUT2D eigenvalue weighted by Crippen LogP contribution is -2.61. The predicted molar refractivity (Wildman–Crippen MR) is 105 cm³/mol. The van der Waals surface area contributed by atoms with Gasteiger partial charge in [-0.2, -0.15) is 0 Å². The quantitative estimate of drug-likeness (QED) is 0.564. The minimum atomic E-state index is -0.372. The Kier molecular flexibility index (Phi) is 4.46. The van der Waals surface area contributed by atoms with E-state index in [4.69, 9.17) is 0 Å². The summed E-state index contributed by atoms with van der Waals surface area (Å²) in [6.45, 7) is 2.20. The number of non-ortho nitro benzene ring substituents is 1. The number of nitro benzene ring substituents is 1. The third-order valence-corrected chi connectivity index (χ3v) is 6.34. The van der Waals surface area contributed by atoms with Crippen molar-refractivity contribution in [2.45, 2.75) is 50.6 Å². The Labute approximate surface area is 159 Å². The van der Waals surface area contributed by atoms with Crippen LogP contribution in [0.1, 0.15) is 50.6 Å². The van der Waals surface area contributed by atoms with Crippen LogP contribution in [-0.4, -0.2) is 16.2 Å². The number of carbonyl (C=O) groups is 1. The molecule has 1 aliphatic heterocycles. The molecule has 1 heterocycles. The molecular formula is C22H24N2O3. The van der Waals surface area contributed by atoms with Gasteiger partial charge in [-0.25, -0.2) is 0 Å². The van der Waals surface area contributed by atoms with Gasteiger partial charge in [0, 0.05) is 35.7 Å². The molecule has 1 saturated carbocycles. The first-order valence-corrected chi connectivity index (χ1v) is 9.62. The number of fused-ring (bicyclic) bond motifs is 1. The molecule has 5 nitrogen and oxygen atoms in total. The first-order chi connectivity index (χ1) is 13.0. The van der Waals surface area contributed by atoms with Gasteiger partial charge in [-0.15, -0.1) is 0 Å². The zero-order valence-electron chi connectivity index (χ0n) is 15.5. The summed E-state index contributed by atoms with van der Waals surface area (Å²) in [5.41, 5.74) is 1.91. The number of piperidine rings is 1. The molecule has 0 N–H and O–H groups in total. The van der Waals surface area contributed by atoms with Crippen LogP contribution < -0.4 is 4.90 Å². The highest BCUT2D eigenvalue weighted by Crippen LogP contribution is 2.50. The molecule has 4 rings (SSSR count). The number of carbonyl (C=O) groups excluding carboxylic acids is 1. The van der Waals surface area contributed by atoms with Crippen molar-refractivity contribution in [3.05, 3.63) is 70.3 Å². The summed E-state index contributed by atoms with van der Waals surface area (Å²) < 4.78 is 0. The van der Waals surface area contributed by atoms with Crippen molar-refractivity contribution in [1.82, 2.24) is 0 Å². The van der Waals surface area contributed by atoms with Crippen LogP contribution in [0.25, 0.3) is 0 Å². The van der Waals surface area contributed by atoms with E-state index in [0.717, 1.165) is 36.9 Å². The lowest BCUT2D eigenvalue weighted by atomic mass is 9.65. The zero-order chi connectivity index (χ0) is 19.0. The van der Waals surface area contributed by atoms with E-state index >= 15 is 0 Å². The monoisotopic (exact) mass is 364 g/mol. The van der Waals surface area contributed by atoms with Crippen LogP contribution in [0.4, 0.5) is 11.4 Å². The van der Waals surface area contributed by atoms with Crippen molar-refractivity contribution in [2.75, 3.05) is 4.90 Å². The van der Waals surface area contributed by atoms with Crippen molar-refractivity contribution >= 4 is 17.2 Å². The van der Waals surface area contributed by atoms with E-state index in [9.17, 15) is 14.9 Å². The SMILES string of the molecule is C[C@]12CCCC[C@@H]1C(=O)C[C@@H](c1ccccc1)N2c1ccc([N+](=O)[O-])cc1. The minimum Gasteiger partial charge on any atom is -0.358 e. The molecule has 2 fully saturated rings. The number of anilines is 1. The molecule has 0 unspecified atom stereocenters. The van der Waals surface area contributed by atoms with E-state index in [-0.39, 0.29) is 28.1 Å². The van der Waals surface area contributed by atoms with Gasteiger partial charge in [0.2, 0.25) is 0 Å². The number of Topliss-reactive ketones (excluding diaryl/α,β-unsaturated/α-hetero) is 1. The van der Waals surface area contributed by atoms with Crippen molar-refractivity contribution in [1.29, 1.82) is 0 Å². The van der Waals surface area contributed by atoms with Crippen LogP contribution in [0.2, 0.25) is 0 Å². The van der Waals surface area contributed by atoms with Gasteiger partial charge in [-0.05, 0) is 37.5 Å². The van der Waals surface area contributed by atoms with Crippen LogP contribution in [0.5, 0.6) is 0 Å². The number of nitro groups is 1. The summed E-state index contributed by atoms with van der Waals surface area (Å²) >= 11 is 0. The fraction of sp³-hybridized carbons (Fsp3) is 0.409. The van der Waals surface area contributed by atoms with Gasteiger partial charge >= 0.3 is 0 Å². The van der Waals surface area contributed by atoms with Crippen LogP contribution in [-0.2, 0) is 4.79 Å². The molecule has 3 atom stereocenters. The fourth-order valence-corrected chi connectivity index (χ4v) is 5.04. The number of ketones is 1. The molecule has 2 aromatic carbocycles. The summed E-state index contributed by atoms with van der Waals surface area (Å²) in [6, 6.07) is 16.9. The van der Waals surface area contributed by atoms with Gasteiger partial charge in [0.1, 0.15) is 5.78 Å². The summed E-state index contributed by atoms with van der Waals surface area (Å²) in [5, 5.41) is 11.1. The molecule has 1 aliphatic carbocycles. The summed E-state index contributed by atoms with van der Waals surface area (Å²) in [5.74, 6) is 0.380. The van der Waals surface area contributed by atoms with Crippen LogP contribution >= 0.6 is 0 Å². The average Bonchev–Trinajstić information content (AvgIpc) is 2.68. The second kappa shape index (κ2) is 6.80. The Morgan fingerprint density at radius 1 is 1.07 bits per heavy atom. The molecule has 2 aromatic rings. The molecule has 0 bridgehead atoms.